The van der Waals surface area contributed by atoms with Crippen molar-refractivity contribution in [3.63, 3.8) is 0 Å². The van der Waals surface area contributed by atoms with Gasteiger partial charge >= 0.3 is 0 Å². The Kier molecular flexibility index (Phi) is 6.51. The average molecular weight is 443 g/mol. The molecule has 0 unspecified atom stereocenters. The molecule has 7 heteroatoms. The van der Waals surface area contributed by atoms with E-state index in [4.69, 9.17) is 4.74 Å². The van der Waals surface area contributed by atoms with E-state index < -0.39 is 17.8 Å². The fraction of sp³-hybridized carbons (Fsp3) is 0.480. The van der Waals surface area contributed by atoms with Gasteiger partial charge in [-0.15, -0.1) is 0 Å². The fourth-order valence-electron chi connectivity index (χ4n) is 4.80. The molecule has 2 aromatic rings. The van der Waals surface area contributed by atoms with Gasteiger partial charge in [0.25, 0.3) is 0 Å². The number of nitrogens with one attached hydrogen (secondary N) is 1. The van der Waals surface area contributed by atoms with Crippen LogP contribution in [0.25, 0.3) is 0 Å². The van der Waals surface area contributed by atoms with E-state index >= 15 is 0 Å². The van der Waals surface area contributed by atoms with E-state index in [0.717, 1.165) is 37.1 Å². The Bertz CT molecular complexity index is 957. The summed E-state index contributed by atoms with van der Waals surface area (Å²) < 4.78 is 19.8. The zero-order valence-corrected chi connectivity index (χ0v) is 18.6. The van der Waals surface area contributed by atoms with E-state index in [1.807, 2.05) is 31.2 Å². The van der Waals surface area contributed by atoms with Crippen molar-refractivity contribution in [2.45, 2.75) is 57.0 Å². The average Bonchev–Trinajstić information content (AvgIpc) is 2.76. The van der Waals surface area contributed by atoms with Crippen LogP contribution >= 0.6 is 0 Å². The van der Waals surface area contributed by atoms with Crippen molar-refractivity contribution in [2.24, 2.45) is 0 Å². The van der Waals surface area contributed by atoms with E-state index in [0.29, 0.717) is 24.3 Å². The number of likely N-dealkylation sites (tertiary alicyclic amines) is 1. The van der Waals surface area contributed by atoms with E-state index in [1.165, 1.54) is 19.1 Å². The largest absolute Gasteiger partial charge is 0.487 e. The minimum atomic E-state index is -0.731. The number of nitrogens with zero attached hydrogens (tertiary/aromatic N) is 1. The number of β-amino-alcohol motifs (C(OH)–C–C–N with tert-alkyl or cyclic N) is 1. The molecule has 1 spiro atoms. The van der Waals surface area contributed by atoms with Crippen LogP contribution in [-0.4, -0.2) is 46.3 Å². The van der Waals surface area contributed by atoms with Gasteiger partial charge in [-0.3, -0.25) is 4.79 Å². The molecule has 0 radical (unpaired) electrons. The minimum Gasteiger partial charge on any atom is -0.487 e. The van der Waals surface area contributed by atoms with E-state index in [2.05, 4.69) is 10.2 Å². The van der Waals surface area contributed by atoms with Gasteiger partial charge in [0.1, 0.15) is 17.2 Å². The fourth-order valence-corrected chi connectivity index (χ4v) is 4.80. The van der Waals surface area contributed by atoms with Gasteiger partial charge in [0.05, 0.1) is 18.2 Å². The van der Waals surface area contributed by atoms with Crippen molar-refractivity contribution in [3.05, 3.63) is 65.0 Å². The summed E-state index contributed by atoms with van der Waals surface area (Å²) in [5, 5.41) is 24.1. The SMILES string of the molecule is CC(=O)N[C@H](C)c1ccc([C@H](O)CN2CCC3(CC2)C[C@@H](O)c2cc(F)ccc2O3)cc1. The summed E-state index contributed by atoms with van der Waals surface area (Å²) >= 11 is 0. The summed E-state index contributed by atoms with van der Waals surface area (Å²) in [6, 6.07) is 11.9. The Balaban J connectivity index is 1.33. The van der Waals surface area contributed by atoms with Crippen LogP contribution in [0.1, 0.15) is 68.1 Å². The highest BCUT2D eigenvalue weighted by atomic mass is 19.1. The maximum absolute atomic E-state index is 13.5. The number of ether oxygens (including phenoxy) is 1. The van der Waals surface area contributed by atoms with Crippen LogP contribution in [0.15, 0.2) is 42.5 Å². The maximum Gasteiger partial charge on any atom is 0.217 e. The Morgan fingerprint density at radius 2 is 1.88 bits per heavy atom. The molecule has 4 rings (SSSR count). The molecule has 2 aliphatic rings. The lowest BCUT2D eigenvalue weighted by atomic mass is 9.81. The van der Waals surface area contributed by atoms with Gasteiger partial charge in [-0.25, -0.2) is 4.39 Å². The molecule has 0 aromatic heterocycles. The standard InChI is InChI=1S/C25H31FN2O4/c1-16(27-17(2)29)18-3-5-19(6-4-18)23(31)15-28-11-9-25(10-12-28)14-22(30)21-13-20(26)7-8-24(21)32-25/h3-8,13,16,22-23,30-31H,9-12,14-15H2,1-2H3,(H,27,29)/t16-,22-,23-/m1/s1. The Hall–Kier alpha value is -2.48. The van der Waals surface area contributed by atoms with Gasteiger partial charge in [-0.2, -0.15) is 0 Å². The molecule has 172 valence electrons. The van der Waals surface area contributed by atoms with Crippen molar-refractivity contribution < 1.29 is 24.1 Å². The zero-order valence-electron chi connectivity index (χ0n) is 18.6. The second-order valence-corrected chi connectivity index (χ2v) is 9.09. The molecule has 3 N–H and O–H groups in total. The second kappa shape index (κ2) is 9.17. The molecule has 6 nitrogen and oxygen atoms in total. The number of carbonyl (C=O) groups excluding carboxylic acids is 1. The molecule has 0 saturated carbocycles. The Morgan fingerprint density at radius 3 is 2.53 bits per heavy atom. The third-order valence-electron chi connectivity index (χ3n) is 6.66. The number of aliphatic hydroxyl groups excluding tert-OH is 2. The molecular formula is C25H31FN2O4. The van der Waals surface area contributed by atoms with Crippen molar-refractivity contribution in [2.75, 3.05) is 19.6 Å². The van der Waals surface area contributed by atoms with Crippen LogP contribution in [0.4, 0.5) is 4.39 Å². The maximum atomic E-state index is 13.5. The highest BCUT2D eigenvalue weighted by Gasteiger charge is 2.43. The van der Waals surface area contributed by atoms with Crippen molar-refractivity contribution in [1.82, 2.24) is 10.2 Å². The number of halogens is 1. The van der Waals surface area contributed by atoms with Crippen molar-refractivity contribution in [3.8, 4) is 5.75 Å². The first-order valence-corrected chi connectivity index (χ1v) is 11.2. The topological polar surface area (TPSA) is 82.0 Å². The summed E-state index contributed by atoms with van der Waals surface area (Å²) in [7, 11) is 0. The number of hydrogen-bond acceptors (Lipinski definition) is 5. The number of fused-ring (bicyclic) bond motifs is 1. The smallest absolute Gasteiger partial charge is 0.217 e. The predicted molar refractivity (Wildman–Crippen MR) is 119 cm³/mol. The molecule has 1 fully saturated rings. The highest BCUT2D eigenvalue weighted by molar-refractivity contribution is 5.73. The monoisotopic (exact) mass is 442 g/mol. The molecule has 2 aliphatic heterocycles. The molecular weight excluding hydrogens is 411 g/mol. The predicted octanol–water partition coefficient (Wildman–Crippen LogP) is 3.41. The van der Waals surface area contributed by atoms with E-state index in [-0.39, 0.29) is 17.8 Å². The molecule has 1 saturated heterocycles. The molecule has 32 heavy (non-hydrogen) atoms. The number of carbonyl (C=O) groups is 1. The van der Waals surface area contributed by atoms with Crippen molar-refractivity contribution >= 4 is 5.91 Å². The van der Waals surface area contributed by atoms with Crippen LogP contribution in [0, 0.1) is 5.82 Å². The summed E-state index contributed by atoms with van der Waals surface area (Å²) in [4.78, 5) is 13.4. The molecule has 3 atom stereocenters. The first-order chi connectivity index (χ1) is 15.2. The summed E-state index contributed by atoms with van der Waals surface area (Å²) in [6.07, 6.45) is 0.579. The van der Waals surface area contributed by atoms with Crippen LogP contribution in [0.5, 0.6) is 5.75 Å². The van der Waals surface area contributed by atoms with Gasteiger partial charge in [0.15, 0.2) is 0 Å². The lowest BCUT2D eigenvalue weighted by Gasteiger charge is -2.46. The van der Waals surface area contributed by atoms with E-state index in [9.17, 15) is 19.4 Å². The zero-order chi connectivity index (χ0) is 22.9. The quantitative estimate of drug-likeness (QED) is 0.661. The number of aliphatic hydroxyl groups is 2. The van der Waals surface area contributed by atoms with Gasteiger partial charge in [0.2, 0.25) is 5.91 Å². The van der Waals surface area contributed by atoms with Crippen LogP contribution < -0.4 is 10.1 Å². The number of rotatable bonds is 5. The van der Waals surface area contributed by atoms with Crippen LogP contribution in [-0.2, 0) is 4.79 Å². The first-order valence-electron chi connectivity index (χ1n) is 11.2. The van der Waals surface area contributed by atoms with E-state index in [1.54, 1.807) is 6.07 Å². The normalized spacial score (nSPS) is 22.0. The van der Waals surface area contributed by atoms with Gasteiger partial charge < -0.3 is 25.2 Å². The number of hydrogen-bond donors (Lipinski definition) is 3. The third-order valence-corrected chi connectivity index (χ3v) is 6.66. The third kappa shape index (κ3) is 4.95. The second-order valence-electron chi connectivity index (χ2n) is 9.09. The van der Waals surface area contributed by atoms with Gasteiger partial charge in [0, 0.05) is 38.5 Å². The van der Waals surface area contributed by atoms with Gasteiger partial charge in [-0.05, 0) is 49.1 Å². The van der Waals surface area contributed by atoms with Crippen LogP contribution in [0.2, 0.25) is 0 Å². The molecule has 2 heterocycles. The number of amides is 1. The van der Waals surface area contributed by atoms with Gasteiger partial charge in [-0.1, -0.05) is 24.3 Å². The number of piperidine rings is 1. The lowest BCUT2D eigenvalue weighted by molar-refractivity contribution is -0.119. The minimum absolute atomic E-state index is 0.0744. The highest BCUT2D eigenvalue weighted by Crippen LogP contribution is 2.44. The Morgan fingerprint density at radius 1 is 1.22 bits per heavy atom. The summed E-state index contributed by atoms with van der Waals surface area (Å²) in [6.45, 7) is 5.43. The van der Waals surface area contributed by atoms with Crippen molar-refractivity contribution in [1.29, 1.82) is 0 Å². The molecule has 0 aliphatic carbocycles. The molecule has 1 amide bonds. The van der Waals surface area contributed by atoms with Crippen LogP contribution in [0.3, 0.4) is 0 Å². The molecule has 2 aromatic carbocycles. The lowest BCUT2D eigenvalue weighted by Crippen LogP contribution is -2.51. The Labute approximate surface area is 188 Å². The summed E-state index contributed by atoms with van der Waals surface area (Å²) in [5.41, 5.74) is 1.89. The number of benzene rings is 2. The summed E-state index contributed by atoms with van der Waals surface area (Å²) in [5.74, 6) is 0.116. The molecule has 0 bridgehead atoms. The first kappa shape index (κ1) is 22.7.